The maximum absolute atomic E-state index is 11.0. The van der Waals surface area contributed by atoms with Crippen molar-refractivity contribution in [2.75, 3.05) is 19.7 Å². The Hall–Kier alpha value is -0.610. The quantitative estimate of drug-likeness (QED) is 0.464. The average molecular weight is 231 g/mol. The van der Waals surface area contributed by atoms with Crippen molar-refractivity contribution < 1.29 is 14.6 Å². The van der Waals surface area contributed by atoms with E-state index in [9.17, 15) is 9.90 Å². The van der Waals surface area contributed by atoms with Gasteiger partial charge in [0.05, 0.1) is 19.1 Å². The topological polar surface area (TPSA) is 58.6 Å². The predicted molar refractivity (Wildman–Crippen MR) is 64.2 cm³/mol. The molecule has 0 radical (unpaired) electrons. The van der Waals surface area contributed by atoms with Crippen LogP contribution in [0, 0.1) is 5.92 Å². The minimum absolute atomic E-state index is 0.188. The van der Waals surface area contributed by atoms with Gasteiger partial charge < -0.3 is 15.2 Å². The minimum Gasteiger partial charge on any atom is -0.466 e. The van der Waals surface area contributed by atoms with Crippen LogP contribution in [0.5, 0.6) is 0 Å². The van der Waals surface area contributed by atoms with Gasteiger partial charge in [0.1, 0.15) is 0 Å². The third-order valence-electron chi connectivity index (χ3n) is 2.76. The second kappa shape index (κ2) is 9.60. The van der Waals surface area contributed by atoms with E-state index in [1.165, 1.54) is 0 Å². The summed E-state index contributed by atoms with van der Waals surface area (Å²) in [5.74, 6) is 0.155. The Balaban J connectivity index is 3.54. The first-order valence-corrected chi connectivity index (χ1v) is 6.20. The van der Waals surface area contributed by atoms with Crippen LogP contribution < -0.4 is 5.32 Å². The van der Waals surface area contributed by atoms with Crippen LogP contribution in [0.15, 0.2) is 0 Å². The molecule has 2 N–H and O–H groups in total. The zero-order chi connectivity index (χ0) is 12.4. The molecule has 0 aliphatic carbocycles. The molecule has 0 fully saturated rings. The van der Waals surface area contributed by atoms with Crippen LogP contribution in [-0.2, 0) is 9.53 Å². The molecule has 0 saturated carbocycles. The third-order valence-corrected chi connectivity index (χ3v) is 2.76. The molecule has 0 aliphatic rings. The molecule has 0 aromatic heterocycles. The van der Waals surface area contributed by atoms with Gasteiger partial charge in [0, 0.05) is 13.1 Å². The molecule has 0 aliphatic heterocycles. The second-order valence-electron chi connectivity index (χ2n) is 3.90. The number of rotatable bonds is 9. The average Bonchev–Trinajstić information content (AvgIpc) is 2.26. The lowest BCUT2D eigenvalue weighted by atomic mass is 9.96. The van der Waals surface area contributed by atoms with E-state index >= 15 is 0 Å². The number of ether oxygens (including phenoxy) is 1. The van der Waals surface area contributed by atoms with Crippen LogP contribution in [0.25, 0.3) is 0 Å². The number of carbonyl (C=O) groups is 1. The lowest BCUT2D eigenvalue weighted by Gasteiger charge is -2.20. The van der Waals surface area contributed by atoms with Gasteiger partial charge in [-0.2, -0.15) is 0 Å². The maximum Gasteiger partial charge on any atom is 0.307 e. The zero-order valence-electron chi connectivity index (χ0n) is 10.7. The summed E-state index contributed by atoms with van der Waals surface area (Å²) < 4.78 is 4.80. The predicted octanol–water partition coefficient (Wildman–Crippen LogP) is 1.33. The second-order valence-corrected chi connectivity index (χ2v) is 3.90. The minimum atomic E-state index is -0.322. The molecule has 0 aromatic carbocycles. The van der Waals surface area contributed by atoms with E-state index in [4.69, 9.17) is 4.74 Å². The Bertz CT molecular complexity index is 181. The molecule has 16 heavy (non-hydrogen) atoms. The van der Waals surface area contributed by atoms with Gasteiger partial charge >= 0.3 is 5.97 Å². The molecule has 0 aromatic rings. The van der Waals surface area contributed by atoms with Crippen LogP contribution >= 0.6 is 0 Å². The first-order valence-electron chi connectivity index (χ1n) is 6.20. The van der Waals surface area contributed by atoms with Crippen LogP contribution in [0.2, 0.25) is 0 Å². The van der Waals surface area contributed by atoms with Gasteiger partial charge in [0.2, 0.25) is 0 Å². The molecule has 1 atom stereocenters. The van der Waals surface area contributed by atoms with Gasteiger partial charge in [-0.3, -0.25) is 4.79 Å². The van der Waals surface area contributed by atoms with E-state index in [1.807, 2.05) is 0 Å². The molecule has 0 bridgehead atoms. The summed E-state index contributed by atoms with van der Waals surface area (Å²) in [6, 6.07) is 0. The van der Waals surface area contributed by atoms with Crippen LogP contribution in [0.4, 0.5) is 0 Å². The summed E-state index contributed by atoms with van der Waals surface area (Å²) in [6.45, 7) is 7.49. The molecular formula is C12H25NO3. The lowest BCUT2D eigenvalue weighted by molar-refractivity contribution is -0.143. The largest absolute Gasteiger partial charge is 0.466 e. The molecule has 0 spiro atoms. The molecule has 96 valence electrons. The summed E-state index contributed by atoms with van der Waals surface area (Å²) in [5.41, 5.74) is 0. The highest BCUT2D eigenvalue weighted by atomic mass is 16.5. The number of hydrogen-bond acceptors (Lipinski definition) is 4. The van der Waals surface area contributed by atoms with E-state index in [2.05, 4.69) is 19.2 Å². The van der Waals surface area contributed by atoms with E-state index in [0.29, 0.717) is 32.0 Å². The number of aliphatic hydroxyl groups excluding tert-OH is 1. The van der Waals surface area contributed by atoms with Gasteiger partial charge in [-0.15, -0.1) is 0 Å². The molecule has 0 heterocycles. The zero-order valence-corrected chi connectivity index (χ0v) is 10.7. The molecule has 4 nitrogen and oxygen atoms in total. The summed E-state index contributed by atoms with van der Waals surface area (Å²) in [6.07, 6.45) is 2.01. The van der Waals surface area contributed by atoms with Crippen molar-refractivity contribution in [2.45, 2.75) is 46.1 Å². The van der Waals surface area contributed by atoms with E-state index in [0.717, 1.165) is 12.8 Å². The smallest absolute Gasteiger partial charge is 0.307 e. The van der Waals surface area contributed by atoms with Gasteiger partial charge in [0.15, 0.2) is 0 Å². The van der Waals surface area contributed by atoms with Crippen molar-refractivity contribution in [2.24, 2.45) is 5.92 Å². The maximum atomic E-state index is 11.0. The van der Waals surface area contributed by atoms with E-state index in [-0.39, 0.29) is 12.1 Å². The third kappa shape index (κ3) is 6.80. The number of nitrogens with one attached hydrogen (secondary N) is 1. The Morgan fingerprint density at radius 1 is 1.31 bits per heavy atom. The van der Waals surface area contributed by atoms with Gasteiger partial charge in [0.25, 0.3) is 0 Å². The van der Waals surface area contributed by atoms with Crippen molar-refractivity contribution in [3.63, 3.8) is 0 Å². The Morgan fingerprint density at radius 2 is 1.94 bits per heavy atom. The fourth-order valence-corrected chi connectivity index (χ4v) is 1.67. The Kier molecular flexibility index (Phi) is 9.24. The van der Waals surface area contributed by atoms with Gasteiger partial charge in [-0.05, 0) is 12.8 Å². The highest BCUT2D eigenvalue weighted by Crippen LogP contribution is 2.11. The van der Waals surface area contributed by atoms with Crippen molar-refractivity contribution in [3.05, 3.63) is 0 Å². The number of hydrogen-bond donors (Lipinski definition) is 2. The lowest BCUT2D eigenvalue weighted by Crippen LogP contribution is -2.33. The van der Waals surface area contributed by atoms with Crippen LogP contribution in [-0.4, -0.2) is 36.9 Å². The fourth-order valence-electron chi connectivity index (χ4n) is 1.67. The number of carbonyl (C=O) groups excluding carboxylic acids is 1. The molecular weight excluding hydrogens is 206 g/mol. The normalized spacial score (nSPS) is 12.8. The molecule has 0 amide bonds. The molecule has 0 rings (SSSR count). The monoisotopic (exact) mass is 231 g/mol. The number of esters is 1. The summed E-state index contributed by atoms with van der Waals surface area (Å²) in [7, 11) is 0. The highest BCUT2D eigenvalue weighted by Gasteiger charge is 2.14. The molecule has 4 heteroatoms. The van der Waals surface area contributed by atoms with Crippen LogP contribution in [0.3, 0.4) is 0 Å². The Labute approximate surface area is 98.4 Å². The molecule has 0 saturated heterocycles. The van der Waals surface area contributed by atoms with Gasteiger partial charge in [-0.25, -0.2) is 0 Å². The summed E-state index contributed by atoms with van der Waals surface area (Å²) in [4.78, 5) is 11.0. The summed E-state index contributed by atoms with van der Waals surface area (Å²) in [5, 5.41) is 12.9. The van der Waals surface area contributed by atoms with Crippen molar-refractivity contribution in [1.82, 2.24) is 5.32 Å². The summed E-state index contributed by atoms with van der Waals surface area (Å²) >= 11 is 0. The first-order chi connectivity index (χ1) is 7.65. The highest BCUT2D eigenvalue weighted by molar-refractivity contribution is 5.69. The Morgan fingerprint density at radius 3 is 2.44 bits per heavy atom. The van der Waals surface area contributed by atoms with E-state index < -0.39 is 0 Å². The van der Waals surface area contributed by atoms with Crippen molar-refractivity contribution in [3.8, 4) is 0 Å². The van der Waals surface area contributed by atoms with Gasteiger partial charge in [-0.1, -0.05) is 26.7 Å². The fraction of sp³-hybridized carbons (Fsp3) is 0.917. The van der Waals surface area contributed by atoms with Crippen LogP contribution in [0.1, 0.15) is 40.0 Å². The molecule has 1 unspecified atom stereocenters. The van der Waals surface area contributed by atoms with Crippen molar-refractivity contribution >= 4 is 5.97 Å². The van der Waals surface area contributed by atoms with E-state index in [1.54, 1.807) is 6.92 Å². The number of aliphatic hydroxyl groups is 1. The van der Waals surface area contributed by atoms with Crippen molar-refractivity contribution in [1.29, 1.82) is 0 Å². The first kappa shape index (κ1) is 15.4. The standard InChI is InChI=1S/C12H25NO3/c1-4-10(5-2)11(14)9-13-8-7-12(15)16-6-3/h10-11,13-14H,4-9H2,1-3H3. The SMILES string of the molecule is CCOC(=O)CCNCC(O)C(CC)CC.